The third-order valence-corrected chi connectivity index (χ3v) is 2.30. The average molecular weight is 304 g/mol. The molecule has 0 fully saturated rings. The minimum atomic E-state index is -0.398. The molecule has 1 rings (SSSR count). The Balaban J connectivity index is 2.42. The molecule has 1 aromatic carbocycles. The summed E-state index contributed by atoms with van der Waals surface area (Å²) < 4.78 is 5.15. The summed E-state index contributed by atoms with van der Waals surface area (Å²) in [5, 5.41) is 21.9. The lowest BCUT2D eigenvalue weighted by atomic mass is 10.2. The first-order chi connectivity index (χ1) is 8.15. The maximum absolute atomic E-state index is 11.6. The Bertz CT molecular complexity index is 384. The maximum atomic E-state index is 11.6. The Morgan fingerprint density at radius 1 is 1.35 bits per heavy atom. The van der Waals surface area contributed by atoms with Crippen LogP contribution in [0.2, 0.25) is 0 Å². The van der Waals surface area contributed by atoms with Crippen molar-refractivity contribution >= 4 is 21.8 Å². The van der Waals surface area contributed by atoms with Gasteiger partial charge in [0.25, 0.3) is 5.91 Å². The molecule has 3 N–H and O–H groups in total. The number of carbonyl (C=O) groups is 1. The van der Waals surface area contributed by atoms with Crippen LogP contribution in [0.4, 0.5) is 0 Å². The number of phenols is 2. The summed E-state index contributed by atoms with van der Waals surface area (Å²) in [5.41, 5.74) is 0.128. The normalized spacial score (nSPS) is 10.2. The van der Waals surface area contributed by atoms with Crippen molar-refractivity contribution in [2.75, 3.05) is 25.1 Å². The lowest BCUT2D eigenvalue weighted by Gasteiger charge is -2.07. The summed E-state index contributed by atoms with van der Waals surface area (Å²) in [6, 6.07) is 3.82. The largest absolute Gasteiger partial charge is 0.508 e. The number of hydrogen-bond donors (Lipinski definition) is 3. The number of benzene rings is 1. The summed E-state index contributed by atoms with van der Waals surface area (Å²) in [6.07, 6.45) is 0. The van der Waals surface area contributed by atoms with Crippen LogP contribution in [0.5, 0.6) is 11.5 Å². The molecule has 0 radical (unpaired) electrons. The number of rotatable bonds is 6. The molecule has 0 atom stereocenters. The van der Waals surface area contributed by atoms with Crippen molar-refractivity contribution < 1.29 is 19.7 Å². The Kier molecular flexibility index (Phi) is 5.79. The number of phenolic OH excluding ortho intramolecular Hbond substituents is 2. The number of halogens is 1. The van der Waals surface area contributed by atoms with E-state index in [9.17, 15) is 9.90 Å². The summed E-state index contributed by atoms with van der Waals surface area (Å²) >= 11 is 3.21. The predicted octanol–water partition coefficient (Wildman–Crippen LogP) is 1.24. The third kappa shape index (κ3) is 4.62. The summed E-state index contributed by atoms with van der Waals surface area (Å²) in [4.78, 5) is 11.6. The van der Waals surface area contributed by atoms with Gasteiger partial charge in [-0.1, -0.05) is 15.9 Å². The van der Waals surface area contributed by atoms with Gasteiger partial charge in [-0.25, -0.2) is 0 Å². The van der Waals surface area contributed by atoms with E-state index in [-0.39, 0.29) is 17.1 Å². The predicted molar refractivity (Wildman–Crippen MR) is 66.7 cm³/mol. The molecule has 1 aromatic rings. The highest BCUT2D eigenvalue weighted by atomic mass is 79.9. The molecule has 0 bridgehead atoms. The minimum Gasteiger partial charge on any atom is -0.508 e. The molecule has 94 valence electrons. The van der Waals surface area contributed by atoms with E-state index < -0.39 is 5.91 Å². The molecule has 0 aromatic heterocycles. The molecule has 0 aliphatic rings. The van der Waals surface area contributed by atoms with Gasteiger partial charge >= 0.3 is 0 Å². The molecule has 1 amide bonds. The number of hydrogen-bond acceptors (Lipinski definition) is 4. The second-order valence-corrected chi connectivity index (χ2v) is 4.05. The van der Waals surface area contributed by atoms with Crippen LogP contribution >= 0.6 is 15.9 Å². The van der Waals surface area contributed by atoms with Crippen molar-refractivity contribution in [2.24, 2.45) is 0 Å². The highest BCUT2D eigenvalue weighted by Crippen LogP contribution is 2.22. The topological polar surface area (TPSA) is 78.8 Å². The molecule has 0 saturated carbocycles. The van der Waals surface area contributed by atoms with E-state index >= 15 is 0 Å². The van der Waals surface area contributed by atoms with Crippen molar-refractivity contribution in [2.45, 2.75) is 0 Å². The van der Waals surface area contributed by atoms with Gasteiger partial charge in [-0.05, 0) is 12.1 Å². The molecule has 0 spiro atoms. The molecular formula is C11H14BrNO4. The molecule has 0 aliphatic heterocycles. The Labute approximate surface area is 108 Å². The van der Waals surface area contributed by atoms with Crippen LogP contribution in [0.25, 0.3) is 0 Å². The SMILES string of the molecule is O=C(NCCOCCBr)c1ccc(O)cc1O. The lowest BCUT2D eigenvalue weighted by molar-refractivity contribution is 0.0921. The van der Waals surface area contributed by atoms with Crippen molar-refractivity contribution in [1.82, 2.24) is 5.32 Å². The van der Waals surface area contributed by atoms with Crippen molar-refractivity contribution in [3.63, 3.8) is 0 Å². The van der Waals surface area contributed by atoms with Gasteiger partial charge in [0, 0.05) is 17.9 Å². The van der Waals surface area contributed by atoms with E-state index in [0.29, 0.717) is 19.8 Å². The summed E-state index contributed by atoms with van der Waals surface area (Å²) in [5.74, 6) is -0.728. The van der Waals surface area contributed by atoms with Gasteiger partial charge in [0.1, 0.15) is 11.5 Å². The Hall–Kier alpha value is -1.27. The van der Waals surface area contributed by atoms with E-state index in [1.54, 1.807) is 0 Å². The first-order valence-electron chi connectivity index (χ1n) is 5.09. The number of nitrogens with one attached hydrogen (secondary N) is 1. The van der Waals surface area contributed by atoms with E-state index in [0.717, 1.165) is 11.4 Å². The van der Waals surface area contributed by atoms with Crippen LogP contribution in [0.3, 0.4) is 0 Å². The van der Waals surface area contributed by atoms with Crippen molar-refractivity contribution in [1.29, 1.82) is 0 Å². The molecule has 0 saturated heterocycles. The third-order valence-electron chi connectivity index (χ3n) is 1.98. The number of alkyl halides is 1. The van der Waals surface area contributed by atoms with E-state index in [1.165, 1.54) is 12.1 Å². The lowest BCUT2D eigenvalue weighted by Crippen LogP contribution is -2.27. The zero-order chi connectivity index (χ0) is 12.7. The number of ether oxygens (including phenoxy) is 1. The quantitative estimate of drug-likeness (QED) is 0.546. The minimum absolute atomic E-state index is 0.0836. The molecule has 17 heavy (non-hydrogen) atoms. The molecule has 0 aliphatic carbocycles. The summed E-state index contributed by atoms with van der Waals surface area (Å²) in [7, 11) is 0. The number of aromatic hydroxyl groups is 2. The second kappa shape index (κ2) is 7.13. The first-order valence-corrected chi connectivity index (χ1v) is 6.21. The molecule has 0 heterocycles. The van der Waals surface area contributed by atoms with Crippen LogP contribution in [0, 0.1) is 0 Å². The molecule has 5 nitrogen and oxygen atoms in total. The highest BCUT2D eigenvalue weighted by molar-refractivity contribution is 9.09. The van der Waals surface area contributed by atoms with Crippen LogP contribution < -0.4 is 5.32 Å². The van der Waals surface area contributed by atoms with Gasteiger partial charge in [0.15, 0.2) is 0 Å². The fraction of sp³-hybridized carbons (Fsp3) is 0.364. The van der Waals surface area contributed by atoms with Gasteiger partial charge < -0.3 is 20.3 Å². The Morgan fingerprint density at radius 3 is 2.76 bits per heavy atom. The van der Waals surface area contributed by atoms with E-state index in [2.05, 4.69) is 21.2 Å². The van der Waals surface area contributed by atoms with E-state index in [1.807, 2.05) is 0 Å². The molecular weight excluding hydrogens is 290 g/mol. The standard InChI is InChI=1S/C11H14BrNO4/c12-3-5-17-6-4-13-11(16)9-2-1-8(14)7-10(9)15/h1-2,7,14-15H,3-6H2,(H,13,16). The van der Waals surface area contributed by atoms with Crippen LogP contribution in [0.15, 0.2) is 18.2 Å². The summed E-state index contributed by atoms with van der Waals surface area (Å²) in [6.45, 7) is 1.36. The fourth-order valence-corrected chi connectivity index (χ4v) is 1.43. The number of amides is 1. The van der Waals surface area contributed by atoms with Gasteiger partial charge in [0.05, 0.1) is 18.8 Å². The van der Waals surface area contributed by atoms with Crippen molar-refractivity contribution in [3.05, 3.63) is 23.8 Å². The van der Waals surface area contributed by atoms with Gasteiger partial charge in [-0.2, -0.15) is 0 Å². The Morgan fingerprint density at radius 2 is 2.12 bits per heavy atom. The zero-order valence-corrected chi connectivity index (χ0v) is 10.7. The molecule has 0 unspecified atom stereocenters. The van der Waals surface area contributed by atoms with Crippen molar-refractivity contribution in [3.8, 4) is 11.5 Å². The first kappa shape index (κ1) is 13.8. The van der Waals surface area contributed by atoms with Gasteiger partial charge in [-0.15, -0.1) is 0 Å². The van der Waals surface area contributed by atoms with Crippen LogP contribution in [-0.2, 0) is 4.74 Å². The maximum Gasteiger partial charge on any atom is 0.255 e. The number of carbonyl (C=O) groups excluding carboxylic acids is 1. The second-order valence-electron chi connectivity index (χ2n) is 3.26. The van der Waals surface area contributed by atoms with Gasteiger partial charge in [-0.3, -0.25) is 4.79 Å². The van der Waals surface area contributed by atoms with Crippen LogP contribution in [-0.4, -0.2) is 41.2 Å². The smallest absolute Gasteiger partial charge is 0.255 e. The monoisotopic (exact) mass is 303 g/mol. The zero-order valence-electron chi connectivity index (χ0n) is 9.15. The van der Waals surface area contributed by atoms with Gasteiger partial charge in [0.2, 0.25) is 0 Å². The average Bonchev–Trinajstić information content (AvgIpc) is 2.28. The highest BCUT2D eigenvalue weighted by Gasteiger charge is 2.10. The van der Waals surface area contributed by atoms with Crippen LogP contribution in [0.1, 0.15) is 10.4 Å². The van der Waals surface area contributed by atoms with E-state index in [4.69, 9.17) is 9.84 Å². The molecule has 6 heteroatoms. The fourth-order valence-electron chi connectivity index (χ4n) is 1.20.